The maximum absolute atomic E-state index is 12.9. The van der Waals surface area contributed by atoms with Crippen LogP contribution in [-0.2, 0) is 16.1 Å². The zero-order chi connectivity index (χ0) is 22.2. The Labute approximate surface area is 187 Å². The van der Waals surface area contributed by atoms with E-state index in [0.717, 1.165) is 56.5 Å². The van der Waals surface area contributed by atoms with Crippen molar-refractivity contribution < 1.29 is 24.2 Å². The molecule has 2 saturated heterocycles. The highest BCUT2D eigenvalue weighted by Gasteiger charge is 2.39. The molecule has 0 aromatic heterocycles. The average molecular weight is 442 g/mol. The lowest BCUT2D eigenvalue weighted by Crippen LogP contribution is -2.52. The van der Waals surface area contributed by atoms with Gasteiger partial charge in [-0.1, -0.05) is 6.42 Å². The molecule has 1 aromatic rings. The number of benzene rings is 1. The Bertz CT molecular complexity index is 911. The quantitative estimate of drug-likeness (QED) is 0.689. The molecule has 0 radical (unpaired) electrons. The van der Waals surface area contributed by atoms with Gasteiger partial charge in [0.2, 0.25) is 11.8 Å². The summed E-state index contributed by atoms with van der Waals surface area (Å²) in [6.07, 6.45) is 6.61. The number of ether oxygens (including phenoxy) is 1. The summed E-state index contributed by atoms with van der Waals surface area (Å²) in [5.74, 6) is -0.0778. The van der Waals surface area contributed by atoms with Gasteiger partial charge >= 0.3 is 0 Å². The van der Waals surface area contributed by atoms with Crippen LogP contribution in [0.3, 0.4) is 0 Å². The highest BCUT2D eigenvalue weighted by atomic mass is 16.5. The molecule has 8 nitrogen and oxygen atoms in total. The zero-order valence-corrected chi connectivity index (χ0v) is 18.3. The van der Waals surface area contributed by atoms with Gasteiger partial charge in [0.15, 0.2) is 0 Å². The number of carbonyl (C=O) groups excluding carboxylic acids is 3. The fourth-order valence-electron chi connectivity index (χ4n) is 5.65. The molecule has 3 fully saturated rings. The number of aliphatic hydroxyl groups is 1. The van der Waals surface area contributed by atoms with E-state index >= 15 is 0 Å². The van der Waals surface area contributed by atoms with Gasteiger partial charge in [-0.2, -0.15) is 0 Å². The Hall–Kier alpha value is -2.45. The van der Waals surface area contributed by atoms with E-state index < -0.39 is 11.9 Å². The van der Waals surface area contributed by atoms with Crippen molar-refractivity contribution in [2.75, 3.05) is 13.1 Å². The first-order chi connectivity index (χ1) is 15.5. The van der Waals surface area contributed by atoms with Gasteiger partial charge in [-0.3, -0.25) is 24.6 Å². The van der Waals surface area contributed by atoms with Crippen LogP contribution >= 0.6 is 0 Å². The minimum absolute atomic E-state index is 0.0976. The molecular formula is C24H31N3O5. The fourth-order valence-corrected chi connectivity index (χ4v) is 5.65. The van der Waals surface area contributed by atoms with E-state index in [1.807, 2.05) is 12.1 Å². The van der Waals surface area contributed by atoms with Crippen LogP contribution in [0.2, 0.25) is 0 Å². The number of hydrogen-bond acceptors (Lipinski definition) is 6. The van der Waals surface area contributed by atoms with Gasteiger partial charge in [0, 0.05) is 37.7 Å². The van der Waals surface area contributed by atoms with E-state index in [4.69, 9.17) is 4.74 Å². The van der Waals surface area contributed by atoms with Gasteiger partial charge in [-0.05, 0) is 62.3 Å². The molecule has 3 aliphatic heterocycles. The van der Waals surface area contributed by atoms with Crippen molar-refractivity contribution >= 4 is 17.7 Å². The van der Waals surface area contributed by atoms with Crippen LogP contribution in [-0.4, -0.2) is 70.0 Å². The first-order valence-corrected chi connectivity index (χ1v) is 11.9. The number of nitrogens with zero attached hydrogens (tertiary/aromatic N) is 2. The molecular weight excluding hydrogens is 410 g/mol. The summed E-state index contributed by atoms with van der Waals surface area (Å²) < 4.78 is 6.47. The van der Waals surface area contributed by atoms with Crippen molar-refractivity contribution in [3.05, 3.63) is 29.3 Å². The highest BCUT2D eigenvalue weighted by Crippen LogP contribution is 2.33. The summed E-state index contributed by atoms with van der Waals surface area (Å²) in [4.78, 5) is 40.7. The minimum Gasteiger partial charge on any atom is -0.489 e. The largest absolute Gasteiger partial charge is 0.489 e. The third-order valence-electron chi connectivity index (χ3n) is 7.42. The number of carbonyl (C=O) groups is 3. The molecule has 172 valence electrons. The number of likely N-dealkylation sites (tertiary alicyclic amines) is 1. The lowest BCUT2D eigenvalue weighted by atomic mass is 9.89. The van der Waals surface area contributed by atoms with Crippen LogP contribution < -0.4 is 10.1 Å². The zero-order valence-electron chi connectivity index (χ0n) is 18.3. The first-order valence-electron chi connectivity index (χ1n) is 11.9. The summed E-state index contributed by atoms with van der Waals surface area (Å²) in [7, 11) is 0. The SMILES string of the molecule is O=C1CCC(N2Cc3cc(OC4CCCCC4N4CCC(O)CC4)ccc3C2=O)C(=O)N1. The molecule has 1 aliphatic carbocycles. The number of aliphatic hydroxyl groups excluding tert-OH is 1. The van der Waals surface area contributed by atoms with Crippen LogP contribution in [0.15, 0.2) is 18.2 Å². The predicted octanol–water partition coefficient (Wildman–Crippen LogP) is 1.59. The highest BCUT2D eigenvalue weighted by molar-refractivity contribution is 6.05. The van der Waals surface area contributed by atoms with Crippen molar-refractivity contribution in [3.8, 4) is 5.75 Å². The summed E-state index contributed by atoms with van der Waals surface area (Å²) in [6, 6.07) is 5.34. The van der Waals surface area contributed by atoms with Crippen molar-refractivity contribution in [1.82, 2.24) is 15.1 Å². The Kier molecular flexibility index (Phi) is 5.90. The number of piperidine rings is 2. The number of nitrogens with one attached hydrogen (secondary N) is 1. The predicted molar refractivity (Wildman–Crippen MR) is 116 cm³/mol. The summed E-state index contributed by atoms with van der Waals surface area (Å²) in [5, 5.41) is 12.2. The molecule has 1 saturated carbocycles. The van der Waals surface area contributed by atoms with Gasteiger partial charge in [0.1, 0.15) is 17.9 Å². The summed E-state index contributed by atoms with van der Waals surface area (Å²) >= 11 is 0. The molecule has 1 aromatic carbocycles. The number of fused-ring (bicyclic) bond motifs is 1. The van der Waals surface area contributed by atoms with Gasteiger partial charge in [-0.15, -0.1) is 0 Å². The molecule has 32 heavy (non-hydrogen) atoms. The first kappa shape index (κ1) is 21.4. The summed E-state index contributed by atoms with van der Waals surface area (Å²) in [6.45, 7) is 2.17. The molecule has 4 aliphatic rings. The smallest absolute Gasteiger partial charge is 0.255 e. The third-order valence-corrected chi connectivity index (χ3v) is 7.42. The van der Waals surface area contributed by atoms with Crippen molar-refractivity contribution in [2.24, 2.45) is 0 Å². The summed E-state index contributed by atoms with van der Waals surface area (Å²) in [5.41, 5.74) is 1.47. The Morgan fingerprint density at radius 3 is 2.56 bits per heavy atom. The van der Waals surface area contributed by atoms with Gasteiger partial charge in [0.05, 0.1) is 6.10 Å². The van der Waals surface area contributed by atoms with E-state index in [-0.39, 0.29) is 30.4 Å². The maximum Gasteiger partial charge on any atom is 0.255 e. The fraction of sp³-hybridized carbons (Fsp3) is 0.625. The lowest BCUT2D eigenvalue weighted by Gasteiger charge is -2.42. The van der Waals surface area contributed by atoms with Gasteiger partial charge in [-0.25, -0.2) is 0 Å². The molecule has 8 heteroatoms. The number of amides is 3. The standard InChI is InChI=1S/C24H31N3O5/c28-16-9-11-26(12-10-16)19-3-1-2-4-21(19)32-17-5-6-18-15(13-17)14-27(24(18)31)20-7-8-22(29)25-23(20)30/h5-6,13,16,19-21,28H,1-4,7-12,14H2,(H,25,29,30). The van der Waals surface area contributed by atoms with E-state index in [0.29, 0.717) is 24.6 Å². The van der Waals surface area contributed by atoms with Crippen LogP contribution in [0.1, 0.15) is 67.3 Å². The monoisotopic (exact) mass is 441 g/mol. The van der Waals surface area contributed by atoms with Crippen molar-refractivity contribution in [1.29, 1.82) is 0 Å². The van der Waals surface area contributed by atoms with Crippen LogP contribution in [0.5, 0.6) is 5.75 Å². The topological polar surface area (TPSA) is 99.2 Å². The van der Waals surface area contributed by atoms with E-state index in [1.165, 1.54) is 6.42 Å². The second kappa shape index (κ2) is 8.83. The normalized spacial score (nSPS) is 29.7. The van der Waals surface area contributed by atoms with Gasteiger partial charge < -0.3 is 14.7 Å². The lowest BCUT2D eigenvalue weighted by molar-refractivity contribution is -0.136. The molecule has 3 heterocycles. The molecule has 3 amide bonds. The van der Waals surface area contributed by atoms with E-state index in [1.54, 1.807) is 11.0 Å². The average Bonchev–Trinajstić information content (AvgIpc) is 3.10. The molecule has 3 unspecified atom stereocenters. The minimum atomic E-state index is -0.603. The Morgan fingerprint density at radius 1 is 1.00 bits per heavy atom. The van der Waals surface area contributed by atoms with Gasteiger partial charge in [0.25, 0.3) is 5.91 Å². The van der Waals surface area contributed by atoms with Crippen molar-refractivity contribution in [3.63, 3.8) is 0 Å². The second-order valence-electron chi connectivity index (χ2n) is 9.49. The number of hydrogen-bond donors (Lipinski definition) is 2. The Morgan fingerprint density at radius 2 is 1.78 bits per heavy atom. The van der Waals surface area contributed by atoms with Crippen molar-refractivity contribution in [2.45, 2.75) is 82.2 Å². The number of imide groups is 1. The van der Waals surface area contributed by atoms with E-state index in [9.17, 15) is 19.5 Å². The third kappa shape index (κ3) is 4.13. The van der Waals surface area contributed by atoms with Crippen LogP contribution in [0, 0.1) is 0 Å². The molecule has 0 spiro atoms. The molecule has 5 rings (SSSR count). The van der Waals surface area contributed by atoms with Crippen LogP contribution in [0.4, 0.5) is 0 Å². The second-order valence-corrected chi connectivity index (χ2v) is 9.49. The Balaban J connectivity index is 1.28. The number of rotatable bonds is 4. The molecule has 2 N–H and O–H groups in total. The maximum atomic E-state index is 12.9. The van der Waals surface area contributed by atoms with E-state index in [2.05, 4.69) is 10.2 Å². The molecule has 3 atom stereocenters. The molecule has 0 bridgehead atoms. The van der Waals surface area contributed by atoms with Crippen LogP contribution in [0.25, 0.3) is 0 Å².